The van der Waals surface area contributed by atoms with Crippen molar-refractivity contribution >= 4 is 21.6 Å². The molecule has 2 aromatic rings. The second kappa shape index (κ2) is 10.2. The van der Waals surface area contributed by atoms with Crippen LogP contribution >= 0.6 is 0 Å². The molecule has 1 atom stereocenters. The summed E-state index contributed by atoms with van der Waals surface area (Å²) in [5, 5.41) is 2.92. The highest BCUT2D eigenvalue weighted by atomic mass is 32.2. The molecular weight excluding hydrogens is 414 g/mol. The lowest BCUT2D eigenvalue weighted by molar-refractivity contribution is -0.127. The number of ether oxygens (including phenoxy) is 1. The fourth-order valence-corrected chi connectivity index (χ4v) is 4.06. The number of anilines is 1. The van der Waals surface area contributed by atoms with Gasteiger partial charge in [-0.3, -0.25) is 14.0 Å². The number of benzene rings is 2. The van der Waals surface area contributed by atoms with Crippen LogP contribution in [0.4, 0.5) is 5.69 Å². The number of hydrogen-bond donors (Lipinski definition) is 1. The number of rotatable bonds is 9. The van der Waals surface area contributed by atoms with Crippen molar-refractivity contribution in [3.8, 4) is 5.75 Å². The molecule has 1 aliphatic rings. The van der Waals surface area contributed by atoms with Crippen LogP contribution in [0.15, 0.2) is 48.5 Å². The van der Waals surface area contributed by atoms with Gasteiger partial charge in [-0.1, -0.05) is 24.3 Å². The van der Waals surface area contributed by atoms with Crippen molar-refractivity contribution in [3.63, 3.8) is 0 Å². The van der Waals surface area contributed by atoms with Crippen molar-refractivity contribution in [2.45, 2.75) is 39.0 Å². The highest BCUT2D eigenvalue weighted by Gasteiger charge is 2.16. The van der Waals surface area contributed by atoms with Crippen LogP contribution < -0.4 is 14.4 Å². The minimum Gasteiger partial charge on any atom is -0.481 e. The Morgan fingerprint density at radius 1 is 1.13 bits per heavy atom. The van der Waals surface area contributed by atoms with Crippen LogP contribution in [-0.4, -0.2) is 51.7 Å². The van der Waals surface area contributed by atoms with Gasteiger partial charge < -0.3 is 10.1 Å². The molecule has 1 heterocycles. The molecule has 0 bridgehead atoms. The third-order valence-corrected chi connectivity index (χ3v) is 6.65. The van der Waals surface area contributed by atoms with Crippen LogP contribution in [0.5, 0.6) is 5.75 Å². The van der Waals surface area contributed by atoms with E-state index in [1.54, 1.807) is 31.2 Å². The monoisotopic (exact) mass is 445 g/mol. The van der Waals surface area contributed by atoms with Gasteiger partial charge in [-0.05, 0) is 68.2 Å². The van der Waals surface area contributed by atoms with E-state index in [-0.39, 0.29) is 5.91 Å². The van der Waals surface area contributed by atoms with Gasteiger partial charge in [-0.2, -0.15) is 0 Å². The predicted molar refractivity (Wildman–Crippen MR) is 123 cm³/mol. The van der Waals surface area contributed by atoms with Crippen LogP contribution in [0.2, 0.25) is 0 Å². The van der Waals surface area contributed by atoms with Crippen molar-refractivity contribution in [1.29, 1.82) is 0 Å². The summed E-state index contributed by atoms with van der Waals surface area (Å²) in [5.74, 6) is 0.295. The van der Waals surface area contributed by atoms with Crippen LogP contribution in [0.1, 0.15) is 30.9 Å². The Morgan fingerprint density at radius 2 is 1.77 bits per heavy atom. The maximum atomic E-state index is 12.5. The average Bonchev–Trinajstić information content (AvgIpc) is 3.24. The molecule has 0 aromatic heterocycles. The first-order chi connectivity index (χ1) is 14.7. The molecule has 1 saturated heterocycles. The zero-order valence-electron chi connectivity index (χ0n) is 18.4. The molecule has 1 fully saturated rings. The van der Waals surface area contributed by atoms with Crippen LogP contribution in [0, 0.1) is 0 Å². The standard InChI is InChI=1S/C23H31N3O4S/c1-18(30-22-11-9-21(10-12-22)25(2)31(3,28)29)23(27)24-16-19-7-6-8-20(15-19)17-26-13-4-5-14-26/h6-12,15,18H,4-5,13-14,16-17H2,1-3H3,(H,24,27)/t18-/m0/s1. The van der Waals surface area contributed by atoms with Gasteiger partial charge >= 0.3 is 0 Å². The van der Waals surface area contributed by atoms with Crippen molar-refractivity contribution in [2.24, 2.45) is 0 Å². The molecule has 0 radical (unpaired) electrons. The quantitative estimate of drug-likeness (QED) is 0.642. The summed E-state index contributed by atoms with van der Waals surface area (Å²) in [7, 11) is -1.84. The number of carbonyl (C=O) groups is 1. The summed E-state index contributed by atoms with van der Waals surface area (Å²) in [6.07, 6.45) is 3.01. The van der Waals surface area contributed by atoms with E-state index in [4.69, 9.17) is 4.74 Å². The molecule has 1 amide bonds. The Hall–Kier alpha value is -2.58. The molecule has 0 aliphatic carbocycles. The summed E-state index contributed by atoms with van der Waals surface area (Å²) in [6.45, 7) is 5.39. The smallest absolute Gasteiger partial charge is 0.261 e. The van der Waals surface area contributed by atoms with E-state index in [1.165, 1.54) is 29.8 Å². The number of nitrogens with one attached hydrogen (secondary N) is 1. The molecule has 7 nitrogen and oxygen atoms in total. The summed E-state index contributed by atoms with van der Waals surface area (Å²) < 4.78 is 30.1. The average molecular weight is 446 g/mol. The van der Waals surface area contributed by atoms with Crippen LogP contribution in [0.25, 0.3) is 0 Å². The van der Waals surface area contributed by atoms with Crippen molar-refractivity contribution in [1.82, 2.24) is 10.2 Å². The van der Waals surface area contributed by atoms with Gasteiger partial charge in [0.25, 0.3) is 5.91 Å². The number of carbonyl (C=O) groups excluding carboxylic acids is 1. The molecular formula is C23H31N3O4S. The minimum absolute atomic E-state index is 0.206. The third kappa shape index (κ3) is 6.70. The number of sulfonamides is 1. The Kier molecular flexibility index (Phi) is 7.56. The molecule has 31 heavy (non-hydrogen) atoms. The molecule has 3 rings (SSSR count). The van der Waals surface area contributed by atoms with Gasteiger partial charge in [0.05, 0.1) is 11.9 Å². The van der Waals surface area contributed by atoms with E-state index in [0.29, 0.717) is 18.0 Å². The molecule has 1 N–H and O–H groups in total. The Morgan fingerprint density at radius 3 is 2.42 bits per heavy atom. The lowest BCUT2D eigenvalue weighted by Crippen LogP contribution is -2.35. The summed E-state index contributed by atoms with van der Waals surface area (Å²) >= 11 is 0. The van der Waals surface area contributed by atoms with Gasteiger partial charge in [-0.25, -0.2) is 8.42 Å². The maximum absolute atomic E-state index is 12.5. The van der Waals surface area contributed by atoms with E-state index in [0.717, 1.165) is 31.5 Å². The number of nitrogens with zero attached hydrogens (tertiary/aromatic N) is 2. The van der Waals surface area contributed by atoms with Gasteiger partial charge in [-0.15, -0.1) is 0 Å². The Balaban J connectivity index is 1.50. The van der Waals surface area contributed by atoms with E-state index in [2.05, 4.69) is 22.3 Å². The lowest BCUT2D eigenvalue weighted by Gasteiger charge is -2.18. The largest absolute Gasteiger partial charge is 0.481 e. The summed E-state index contributed by atoms with van der Waals surface area (Å²) in [6, 6.07) is 14.9. The maximum Gasteiger partial charge on any atom is 0.261 e. The SMILES string of the molecule is C[C@H](Oc1ccc(N(C)S(C)(=O)=O)cc1)C(=O)NCc1cccc(CN2CCCC2)c1. The first-order valence-electron chi connectivity index (χ1n) is 10.5. The van der Waals surface area contributed by atoms with E-state index < -0.39 is 16.1 Å². The van der Waals surface area contributed by atoms with E-state index >= 15 is 0 Å². The number of likely N-dealkylation sites (tertiary alicyclic amines) is 1. The number of hydrogen-bond acceptors (Lipinski definition) is 5. The summed E-state index contributed by atoms with van der Waals surface area (Å²) in [4.78, 5) is 14.9. The second-order valence-corrected chi connectivity index (χ2v) is 10.0. The molecule has 1 aliphatic heterocycles. The van der Waals surface area contributed by atoms with Crippen molar-refractivity contribution in [2.75, 3.05) is 30.7 Å². The summed E-state index contributed by atoms with van der Waals surface area (Å²) in [5.41, 5.74) is 2.85. The normalized spacial score (nSPS) is 15.5. The van der Waals surface area contributed by atoms with Gasteiger partial charge in [0.2, 0.25) is 10.0 Å². The highest BCUT2D eigenvalue weighted by Crippen LogP contribution is 2.21. The van der Waals surface area contributed by atoms with Gasteiger partial charge in [0, 0.05) is 20.1 Å². The lowest BCUT2D eigenvalue weighted by atomic mass is 10.1. The van der Waals surface area contributed by atoms with Crippen LogP contribution in [-0.2, 0) is 27.9 Å². The molecule has 8 heteroatoms. The number of amides is 1. The molecule has 0 spiro atoms. The topological polar surface area (TPSA) is 78.9 Å². The first-order valence-corrected chi connectivity index (χ1v) is 12.4. The molecule has 0 saturated carbocycles. The van der Waals surface area contributed by atoms with E-state index in [9.17, 15) is 13.2 Å². The third-order valence-electron chi connectivity index (χ3n) is 5.44. The predicted octanol–water partition coefficient (Wildman–Crippen LogP) is 2.76. The van der Waals surface area contributed by atoms with Gasteiger partial charge in [0.1, 0.15) is 5.75 Å². The fraction of sp³-hybridized carbons (Fsp3) is 0.435. The molecule has 2 aromatic carbocycles. The first kappa shape index (κ1) is 23.1. The second-order valence-electron chi connectivity index (χ2n) is 8.01. The Labute approximate surface area is 185 Å². The van der Waals surface area contributed by atoms with Crippen molar-refractivity contribution in [3.05, 3.63) is 59.7 Å². The zero-order valence-corrected chi connectivity index (χ0v) is 19.2. The van der Waals surface area contributed by atoms with Gasteiger partial charge in [0.15, 0.2) is 6.10 Å². The fourth-order valence-electron chi connectivity index (χ4n) is 3.55. The van der Waals surface area contributed by atoms with Crippen molar-refractivity contribution < 1.29 is 17.9 Å². The minimum atomic E-state index is -3.32. The molecule has 168 valence electrons. The zero-order chi connectivity index (χ0) is 22.4. The van der Waals surface area contributed by atoms with Crippen LogP contribution in [0.3, 0.4) is 0 Å². The Bertz CT molecular complexity index is 986. The van der Waals surface area contributed by atoms with E-state index in [1.807, 2.05) is 12.1 Å². The molecule has 0 unspecified atom stereocenters. The highest BCUT2D eigenvalue weighted by molar-refractivity contribution is 7.92.